The Kier molecular flexibility index (Phi) is 6.01. The van der Waals surface area contributed by atoms with Crippen molar-refractivity contribution in [3.05, 3.63) is 99.6 Å². The average Bonchev–Trinajstić information content (AvgIpc) is 3.14. The van der Waals surface area contributed by atoms with E-state index in [1.165, 1.54) is 43.4 Å². The van der Waals surface area contributed by atoms with Gasteiger partial charge in [0.1, 0.15) is 17.3 Å². The minimum Gasteiger partial charge on any atom is -0.507 e. The Bertz CT molecular complexity index is 1280. The van der Waals surface area contributed by atoms with Crippen molar-refractivity contribution in [1.29, 1.82) is 0 Å². The van der Waals surface area contributed by atoms with Gasteiger partial charge >= 0.3 is 0 Å². The number of aliphatic hydroxyl groups is 1. The molecule has 1 saturated heterocycles. The van der Waals surface area contributed by atoms with Gasteiger partial charge in [-0.15, -0.1) is 0 Å². The average molecular weight is 460 g/mol. The zero-order chi connectivity index (χ0) is 24.4. The summed E-state index contributed by atoms with van der Waals surface area (Å²) in [5.74, 6) is -0.945. The maximum absolute atomic E-state index is 13.1. The molecular weight excluding hydrogens is 440 g/mol. The second-order valence-electron chi connectivity index (χ2n) is 7.44. The fraction of sp³-hybridized carbons (Fsp3) is 0.120. The number of Topliss-reactive ketones (excluding diaryl/α,β-unsaturated/α-hetero) is 1. The molecule has 0 radical (unpaired) electrons. The van der Waals surface area contributed by atoms with E-state index in [0.29, 0.717) is 22.7 Å². The number of carbonyl (C=O) groups excluding carboxylic acids is 2. The maximum atomic E-state index is 13.1. The van der Waals surface area contributed by atoms with Crippen molar-refractivity contribution in [3.8, 4) is 11.5 Å². The number of nitro groups is 1. The number of hydrogen-bond donors (Lipinski definition) is 1. The van der Waals surface area contributed by atoms with Crippen LogP contribution in [0.4, 0.5) is 11.4 Å². The third-order valence-electron chi connectivity index (χ3n) is 5.58. The number of rotatable bonds is 6. The van der Waals surface area contributed by atoms with Crippen molar-refractivity contribution in [2.45, 2.75) is 6.04 Å². The van der Waals surface area contributed by atoms with Crippen molar-refractivity contribution in [2.24, 2.45) is 0 Å². The van der Waals surface area contributed by atoms with E-state index in [1.54, 1.807) is 48.5 Å². The van der Waals surface area contributed by atoms with Gasteiger partial charge in [0.25, 0.3) is 17.4 Å². The van der Waals surface area contributed by atoms with Crippen molar-refractivity contribution >= 4 is 28.8 Å². The summed E-state index contributed by atoms with van der Waals surface area (Å²) in [6.07, 6.45) is 0. The fourth-order valence-corrected chi connectivity index (χ4v) is 3.84. The van der Waals surface area contributed by atoms with Crippen LogP contribution in [0, 0.1) is 10.1 Å². The number of nitro benzene ring substituents is 1. The van der Waals surface area contributed by atoms with Crippen LogP contribution in [0.5, 0.6) is 11.5 Å². The molecule has 9 heteroatoms. The highest BCUT2D eigenvalue weighted by Gasteiger charge is 2.47. The minimum atomic E-state index is -0.936. The van der Waals surface area contributed by atoms with E-state index in [4.69, 9.17) is 9.47 Å². The van der Waals surface area contributed by atoms with Crippen LogP contribution in [-0.2, 0) is 9.59 Å². The zero-order valence-electron chi connectivity index (χ0n) is 18.3. The molecule has 9 nitrogen and oxygen atoms in total. The molecule has 1 aliphatic heterocycles. The highest BCUT2D eigenvalue weighted by Crippen LogP contribution is 2.42. The largest absolute Gasteiger partial charge is 0.507 e. The fourth-order valence-electron chi connectivity index (χ4n) is 3.84. The molecule has 1 amide bonds. The second-order valence-corrected chi connectivity index (χ2v) is 7.44. The topological polar surface area (TPSA) is 119 Å². The first kappa shape index (κ1) is 22.5. The second kappa shape index (κ2) is 9.07. The number of benzene rings is 3. The van der Waals surface area contributed by atoms with Gasteiger partial charge in [0.05, 0.1) is 30.8 Å². The number of ether oxygens (including phenoxy) is 2. The van der Waals surface area contributed by atoms with E-state index in [9.17, 15) is 24.8 Å². The Morgan fingerprint density at radius 1 is 0.882 bits per heavy atom. The normalized spacial score (nSPS) is 17.0. The van der Waals surface area contributed by atoms with Gasteiger partial charge in [-0.05, 0) is 54.1 Å². The van der Waals surface area contributed by atoms with Gasteiger partial charge in [-0.3, -0.25) is 24.6 Å². The number of amides is 1. The Labute approximate surface area is 194 Å². The van der Waals surface area contributed by atoms with E-state index in [1.807, 2.05) is 0 Å². The van der Waals surface area contributed by atoms with Crippen molar-refractivity contribution in [1.82, 2.24) is 0 Å². The molecule has 0 bridgehead atoms. The summed E-state index contributed by atoms with van der Waals surface area (Å²) >= 11 is 0. The molecule has 1 atom stereocenters. The molecule has 0 aromatic heterocycles. The van der Waals surface area contributed by atoms with Crippen LogP contribution < -0.4 is 14.4 Å². The molecule has 3 aromatic rings. The number of methoxy groups -OCH3 is 2. The van der Waals surface area contributed by atoms with Gasteiger partial charge in [0, 0.05) is 23.4 Å². The highest BCUT2D eigenvalue weighted by molar-refractivity contribution is 6.51. The first-order valence-electron chi connectivity index (χ1n) is 10.2. The predicted molar refractivity (Wildman–Crippen MR) is 124 cm³/mol. The Hall–Kier alpha value is -4.66. The van der Waals surface area contributed by atoms with Gasteiger partial charge < -0.3 is 14.6 Å². The SMILES string of the molecule is COc1ccc(C2/C(=C(\O)c3ccc([N+](=O)[O-])cc3)C(=O)C(=O)N2c2ccc(OC)cc2)cc1. The lowest BCUT2D eigenvalue weighted by Crippen LogP contribution is -2.29. The zero-order valence-corrected chi connectivity index (χ0v) is 18.3. The third kappa shape index (κ3) is 3.95. The van der Waals surface area contributed by atoms with E-state index >= 15 is 0 Å². The van der Waals surface area contributed by atoms with Crippen molar-refractivity contribution < 1.29 is 29.1 Å². The number of nitrogens with zero attached hydrogens (tertiary/aromatic N) is 2. The molecule has 172 valence electrons. The number of carbonyl (C=O) groups is 2. The van der Waals surface area contributed by atoms with Gasteiger partial charge in [0.15, 0.2) is 0 Å². The van der Waals surface area contributed by atoms with Crippen LogP contribution >= 0.6 is 0 Å². The van der Waals surface area contributed by atoms with E-state index in [2.05, 4.69) is 0 Å². The van der Waals surface area contributed by atoms with Crippen LogP contribution in [0.2, 0.25) is 0 Å². The summed E-state index contributed by atoms with van der Waals surface area (Å²) in [6, 6.07) is 17.6. The monoisotopic (exact) mass is 460 g/mol. The summed E-state index contributed by atoms with van der Waals surface area (Å²) in [5, 5.41) is 22.1. The summed E-state index contributed by atoms with van der Waals surface area (Å²) < 4.78 is 10.4. The summed E-state index contributed by atoms with van der Waals surface area (Å²) in [6.45, 7) is 0. The van der Waals surface area contributed by atoms with Crippen molar-refractivity contribution in [3.63, 3.8) is 0 Å². The van der Waals surface area contributed by atoms with E-state index in [0.717, 1.165) is 0 Å². The molecule has 1 aliphatic rings. The van der Waals surface area contributed by atoms with Crippen molar-refractivity contribution in [2.75, 3.05) is 19.1 Å². The highest BCUT2D eigenvalue weighted by atomic mass is 16.6. The lowest BCUT2D eigenvalue weighted by molar-refractivity contribution is -0.384. The third-order valence-corrected chi connectivity index (χ3v) is 5.58. The van der Waals surface area contributed by atoms with E-state index < -0.39 is 28.4 Å². The number of non-ortho nitro benzene ring substituents is 1. The molecule has 1 heterocycles. The molecule has 1 fully saturated rings. The maximum Gasteiger partial charge on any atom is 0.300 e. The standard InChI is InChI=1S/C25H20N2O7/c1-33-19-11-5-15(6-12-19)22-21(23(28)16-3-7-18(8-4-16)27(31)32)24(29)25(30)26(22)17-9-13-20(34-2)14-10-17/h3-14,22,28H,1-2H3/b23-21+. The molecular formula is C25H20N2O7. The number of ketones is 1. The molecule has 34 heavy (non-hydrogen) atoms. The van der Waals surface area contributed by atoms with E-state index in [-0.39, 0.29) is 16.8 Å². The summed E-state index contributed by atoms with van der Waals surface area (Å²) in [4.78, 5) is 38.0. The Morgan fingerprint density at radius 2 is 1.41 bits per heavy atom. The van der Waals surface area contributed by atoms with Crippen LogP contribution in [0.3, 0.4) is 0 Å². The van der Waals surface area contributed by atoms with Gasteiger partial charge in [-0.25, -0.2) is 0 Å². The molecule has 0 spiro atoms. The minimum absolute atomic E-state index is 0.125. The first-order chi connectivity index (χ1) is 16.3. The first-order valence-corrected chi connectivity index (χ1v) is 10.2. The smallest absolute Gasteiger partial charge is 0.300 e. The molecule has 3 aromatic carbocycles. The van der Waals surface area contributed by atoms with Crippen LogP contribution in [0.1, 0.15) is 17.2 Å². The number of anilines is 1. The number of aliphatic hydroxyl groups excluding tert-OH is 1. The van der Waals surface area contributed by atoms with Crippen LogP contribution in [0.15, 0.2) is 78.4 Å². The molecule has 0 saturated carbocycles. The van der Waals surface area contributed by atoms with Crippen LogP contribution in [-0.4, -0.2) is 35.9 Å². The molecule has 1 unspecified atom stereocenters. The Balaban J connectivity index is 1.88. The Morgan fingerprint density at radius 3 is 1.91 bits per heavy atom. The van der Waals surface area contributed by atoms with Gasteiger partial charge in [-0.1, -0.05) is 12.1 Å². The molecule has 0 aliphatic carbocycles. The molecule has 1 N–H and O–H groups in total. The summed E-state index contributed by atoms with van der Waals surface area (Å²) in [5.41, 5.74) is 0.893. The summed E-state index contributed by atoms with van der Waals surface area (Å²) in [7, 11) is 3.04. The van der Waals surface area contributed by atoms with Gasteiger partial charge in [0.2, 0.25) is 0 Å². The lowest BCUT2D eigenvalue weighted by atomic mass is 9.95. The predicted octanol–water partition coefficient (Wildman–Crippen LogP) is 4.24. The van der Waals surface area contributed by atoms with Crippen LogP contribution in [0.25, 0.3) is 5.76 Å². The molecule has 4 rings (SSSR count). The van der Waals surface area contributed by atoms with Gasteiger partial charge in [-0.2, -0.15) is 0 Å². The quantitative estimate of drug-likeness (QED) is 0.192. The lowest BCUT2D eigenvalue weighted by Gasteiger charge is -2.25. The number of hydrogen-bond acceptors (Lipinski definition) is 7.